The normalized spacial score (nSPS) is 13.5. The van der Waals surface area contributed by atoms with Crippen LogP contribution in [0.2, 0.25) is 0 Å². The van der Waals surface area contributed by atoms with Gasteiger partial charge in [-0.25, -0.2) is 9.18 Å². The molecule has 0 aliphatic carbocycles. The molecule has 1 aliphatic rings. The smallest absolute Gasteiger partial charge is 0.321 e. The molecule has 2 aromatic carbocycles. The fourth-order valence-corrected chi connectivity index (χ4v) is 3.62. The van der Waals surface area contributed by atoms with E-state index in [0.29, 0.717) is 24.3 Å². The van der Waals surface area contributed by atoms with Crippen molar-refractivity contribution in [1.82, 2.24) is 9.88 Å². The summed E-state index contributed by atoms with van der Waals surface area (Å²) in [6, 6.07) is 15.0. The number of halogens is 1. The molecule has 3 aromatic rings. The van der Waals surface area contributed by atoms with E-state index < -0.39 is 0 Å². The zero-order valence-electron chi connectivity index (χ0n) is 16.2. The van der Waals surface area contributed by atoms with Crippen LogP contribution in [0.15, 0.2) is 54.6 Å². The first-order chi connectivity index (χ1) is 13.9. The molecule has 0 atom stereocenters. The van der Waals surface area contributed by atoms with E-state index in [0.717, 1.165) is 22.8 Å². The summed E-state index contributed by atoms with van der Waals surface area (Å²) in [5, 5.41) is 5.66. The zero-order chi connectivity index (χ0) is 20.5. The number of hydrogen-bond donors (Lipinski definition) is 2. The van der Waals surface area contributed by atoms with Gasteiger partial charge in [-0.3, -0.25) is 9.69 Å². The Morgan fingerprint density at radius 1 is 1.03 bits per heavy atom. The van der Waals surface area contributed by atoms with Crippen LogP contribution in [0.3, 0.4) is 0 Å². The molecular weight excluding hydrogens is 371 g/mol. The Balaban J connectivity index is 1.54. The van der Waals surface area contributed by atoms with Crippen LogP contribution >= 0.6 is 0 Å². The number of nitrogens with zero attached hydrogens (tertiary/aromatic N) is 2. The van der Waals surface area contributed by atoms with Crippen LogP contribution in [-0.2, 0) is 0 Å². The van der Waals surface area contributed by atoms with Crippen molar-refractivity contribution in [2.75, 3.05) is 23.3 Å². The van der Waals surface area contributed by atoms with Crippen molar-refractivity contribution < 1.29 is 14.0 Å². The topological polar surface area (TPSA) is 66.4 Å². The Kier molecular flexibility index (Phi) is 4.80. The molecule has 0 spiro atoms. The third-order valence-corrected chi connectivity index (χ3v) is 5.05. The highest BCUT2D eigenvalue weighted by Gasteiger charge is 2.21. The number of urea groups is 1. The first-order valence-corrected chi connectivity index (χ1v) is 9.36. The Bertz CT molecular complexity index is 1070. The Labute approximate surface area is 167 Å². The molecule has 7 heteroatoms. The minimum absolute atomic E-state index is 0.116. The number of benzene rings is 2. The van der Waals surface area contributed by atoms with E-state index >= 15 is 0 Å². The van der Waals surface area contributed by atoms with E-state index in [1.807, 2.05) is 36.6 Å². The Morgan fingerprint density at radius 2 is 1.69 bits per heavy atom. The minimum Gasteiger partial charge on any atom is -0.336 e. The van der Waals surface area contributed by atoms with Crippen LogP contribution in [0.5, 0.6) is 0 Å². The summed E-state index contributed by atoms with van der Waals surface area (Å²) in [6.45, 7) is 5.02. The third-order valence-electron chi connectivity index (χ3n) is 5.05. The number of aromatic nitrogens is 1. The van der Waals surface area contributed by atoms with Crippen molar-refractivity contribution in [1.29, 1.82) is 0 Å². The first-order valence-electron chi connectivity index (χ1n) is 9.36. The molecule has 0 bridgehead atoms. The molecule has 148 valence electrons. The van der Waals surface area contributed by atoms with Gasteiger partial charge in [0, 0.05) is 41.5 Å². The van der Waals surface area contributed by atoms with Crippen LogP contribution in [-0.4, -0.2) is 29.6 Å². The predicted molar refractivity (Wildman–Crippen MR) is 110 cm³/mol. The van der Waals surface area contributed by atoms with Gasteiger partial charge in [-0.05, 0) is 68.4 Å². The predicted octanol–water partition coefficient (Wildman–Crippen LogP) is 4.02. The molecule has 3 amide bonds. The molecule has 2 heterocycles. The van der Waals surface area contributed by atoms with E-state index in [-0.39, 0.29) is 17.8 Å². The van der Waals surface area contributed by atoms with Crippen molar-refractivity contribution in [2.45, 2.75) is 13.8 Å². The third kappa shape index (κ3) is 3.59. The number of anilines is 2. The number of carbonyl (C=O) groups excluding carboxylic acids is 2. The van der Waals surface area contributed by atoms with Crippen LogP contribution in [0.25, 0.3) is 5.69 Å². The second-order valence-electron chi connectivity index (χ2n) is 6.98. The molecule has 1 fully saturated rings. The summed E-state index contributed by atoms with van der Waals surface area (Å²) in [7, 11) is 0. The van der Waals surface area contributed by atoms with Gasteiger partial charge in [0.1, 0.15) is 5.82 Å². The van der Waals surface area contributed by atoms with Crippen LogP contribution in [0, 0.1) is 19.7 Å². The van der Waals surface area contributed by atoms with E-state index in [2.05, 4.69) is 10.6 Å². The number of aryl methyl sites for hydroxylation is 1. The standard InChI is InChI=1S/C22H21FN4O2/c1-14-13-20(15(2)27(14)19-7-3-16(23)4-8-19)21(28)25-17-5-9-18(10-6-17)26-12-11-24-22(26)29/h3-10,13H,11-12H2,1-2H3,(H,24,29)(H,25,28). The van der Waals surface area contributed by atoms with Crippen LogP contribution in [0.4, 0.5) is 20.6 Å². The number of nitrogens with one attached hydrogen (secondary N) is 2. The molecular formula is C22H21FN4O2. The number of hydrogen-bond acceptors (Lipinski definition) is 2. The van der Waals surface area contributed by atoms with Crippen LogP contribution < -0.4 is 15.5 Å². The highest BCUT2D eigenvalue weighted by Crippen LogP contribution is 2.23. The number of rotatable bonds is 4. The molecule has 29 heavy (non-hydrogen) atoms. The molecule has 0 saturated carbocycles. The monoisotopic (exact) mass is 392 g/mol. The summed E-state index contributed by atoms with van der Waals surface area (Å²) in [6.07, 6.45) is 0. The SMILES string of the molecule is Cc1cc(C(=O)Nc2ccc(N3CCNC3=O)cc2)c(C)n1-c1ccc(F)cc1. The van der Waals surface area contributed by atoms with E-state index in [9.17, 15) is 14.0 Å². The molecule has 1 saturated heterocycles. The van der Waals surface area contributed by atoms with E-state index in [1.54, 1.807) is 29.2 Å². The summed E-state index contributed by atoms with van der Waals surface area (Å²) in [5.41, 5.74) is 4.44. The van der Waals surface area contributed by atoms with Gasteiger partial charge in [0.05, 0.1) is 5.56 Å². The lowest BCUT2D eigenvalue weighted by atomic mass is 10.2. The Hall–Kier alpha value is -3.61. The lowest BCUT2D eigenvalue weighted by Crippen LogP contribution is -2.27. The number of amides is 3. The fourth-order valence-electron chi connectivity index (χ4n) is 3.62. The van der Waals surface area contributed by atoms with Gasteiger partial charge >= 0.3 is 6.03 Å². The molecule has 4 rings (SSSR count). The zero-order valence-corrected chi connectivity index (χ0v) is 16.2. The average molecular weight is 392 g/mol. The van der Waals surface area contributed by atoms with Crippen molar-refractivity contribution in [2.24, 2.45) is 0 Å². The second kappa shape index (κ2) is 7.43. The highest BCUT2D eigenvalue weighted by molar-refractivity contribution is 6.05. The quantitative estimate of drug-likeness (QED) is 0.704. The highest BCUT2D eigenvalue weighted by atomic mass is 19.1. The molecule has 1 aromatic heterocycles. The molecule has 0 unspecified atom stereocenters. The minimum atomic E-state index is -0.302. The molecule has 0 radical (unpaired) electrons. The van der Waals surface area contributed by atoms with Gasteiger partial charge < -0.3 is 15.2 Å². The molecule has 2 N–H and O–H groups in total. The van der Waals surface area contributed by atoms with Gasteiger partial charge in [-0.1, -0.05) is 0 Å². The largest absolute Gasteiger partial charge is 0.336 e. The lowest BCUT2D eigenvalue weighted by molar-refractivity contribution is 0.102. The van der Waals surface area contributed by atoms with Crippen molar-refractivity contribution in [3.63, 3.8) is 0 Å². The summed E-state index contributed by atoms with van der Waals surface area (Å²) in [5.74, 6) is -0.526. The fraction of sp³-hybridized carbons (Fsp3) is 0.182. The maximum absolute atomic E-state index is 13.2. The molecule has 6 nitrogen and oxygen atoms in total. The van der Waals surface area contributed by atoms with Gasteiger partial charge in [0.2, 0.25) is 0 Å². The van der Waals surface area contributed by atoms with Crippen molar-refractivity contribution >= 4 is 23.3 Å². The lowest BCUT2D eigenvalue weighted by Gasteiger charge is -2.14. The van der Waals surface area contributed by atoms with Gasteiger partial charge in [0.15, 0.2) is 0 Å². The van der Waals surface area contributed by atoms with Gasteiger partial charge in [-0.15, -0.1) is 0 Å². The maximum atomic E-state index is 13.2. The number of carbonyl (C=O) groups is 2. The van der Waals surface area contributed by atoms with Gasteiger partial charge in [0.25, 0.3) is 5.91 Å². The first kappa shape index (κ1) is 18.7. The maximum Gasteiger partial charge on any atom is 0.321 e. The average Bonchev–Trinajstić information content (AvgIpc) is 3.26. The summed E-state index contributed by atoms with van der Waals surface area (Å²) >= 11 is 0. The van der Waals surface area contributed by atoms with E-state index in [4.69, 9.17) is 0 Å². The van der Waals surface area contributed by atoms with Crippen molar-refractivity contribution in [3.8, 4) is 5.69 Å². The van der Waals surface area contributed by atoms with Crippen LogP contribution in [0.1, 0.15) is 21.7 Å². The van der Waals surface area contributed by atoms with Gasteiger partial charge in [-0.2, -0.15) is 0 Å². The summed E-state index contributed by atoms with van der Waals surface area (Å²) < 4.78 is 15.1. The Morgan fingerprint density at radius 3 is 2.31 bits per heavy atom. The van der Waals surface area contributed by atoms with Crippen molar-refractivity contribution in [3.05, 3.63) is 77.4 Å². The summed E-state index contributed by atoms with van der Waals surface area (Å²) in [4.78, 5) is 26.2. The molecule has 1 aliphatic heterocycles. The second-order valence-corrected chi connectivity index (χ2v) is 6.98. The van der Waals surface area contributed by atoms with E-state index in [1.165, 1.54) is 12.1 Å².